The molecule has 2 unspecified atom stereocenters. The third-order valence-corrected chi connectivity index (χ3v) is 9.14. The molecule has 0 spiro atoms. The Labute approximate surface area is 248 Å². The zero-order chi connectivity index (χ0) is 26.2. The summed E-state index contributed by atoms with van der Waals surface area (Å²) in [5.74, 6) is -1.75. The molecular formula is C26H26ClN4NaO5S. The molecule has 5 rings (SSSR count). The number of carboxylic acid groups (broad SMARTS) is 1. The third-order valence-electron chi connectivity index (χ3n) is 7.12. The number of aromatic amines is 1. The van der Waals surface area contributed by atoms with Gasteiger partial charge in [-0.1, -0.05) is 17.7 Å². The number of carboxylic acids is 1. The summed E-state index contributed by atoms with van der Waals surface area (Å²) < 4.78 is 28.0. The van der Waals surface area contributed by atoms with Crippen LogP contribution in [0.25, 0.3) is 16.5 Å². The maximum absolute atomic E-state index is 13.5. The van der Waals surface area contributed by atoms with Gasteiger partial charge in [0.05, 0.1) is 6.04 Å². The molecule has 1 fully saturated rings. The Morgan fingerprint density at radius 3 is 2.58 bits per heavy atom. The molecule has 38 heavy (non-hydrogen) atoms. The largest absolute Gasteiger partial charge is 1.00 e. The molecule has 0 radical (unpaired) electrons. The second-order valence-electron chi connectivity index (χ2n) is 9.43. The van der Waals surface area contributed by atoms with E-state index in [1.165, 1.54) is 15.3 Å². The minimum absolute atomic E-state index is 0. The van der Waals surface area contributed by atoms with Crippen LogP contribution >= 0.6 is 11.6 Å². The van der Waals surface area contributed by atoms with Crippen LogP contribution in [0.1, 0.15) is 31.2 Å². The fourth-order valence-corrected chi connectivity index (χ4v) is 6.84. The van der Waals surface area contributed by atoms with Gasteiger partial charge in [-0.25, -0.2) is 8.42 Å². The van der Waals surface area contributed by atoms with E-state index in [2.05, 4.69) is 16.0 Å². The molecule has 0 saturated carbocycles. The number of carbonyl (C=O) groups excluding carboxylic acids is 2. The van der Waals surface area contributed by atoms with Crippen LogP contribution in [0.2, 0.25) is 5.02 Å². The number of aliphatic carboxylic acids is 1. The second kappa shape index (κ2) is 11.9. The van der Waals surface area contributed by atoms with E-state index in [1.807, 2.05) is 12.1 Å². The summed E-state index contributed by atoms with van der Waals surface area (Å²) >= 11 is 6.03. The first-order valence-electron chi connectivity index (χ1n) is 12.1. The molecule has 1 aliphatic carbocycles. The van der Waals surface area contributed by atoms with Crippen LogP contribution in [0.5, 0.6) is 0 Å². The molecule has 194 valence electrons. The number of piperazine rings is 1. The first-order chi connectivity index (χ1) is 17.7. The van der Waals surface area contributed by atoms with Gasteiger partial charge in [-0.3, -0.25) is 9.78 Å². The first-order valence-corrected chi connectivity index (χ1v) is 13.9. The van der Waals surface area contributed by atoms with E-state index in [0.717, 1.165) is 17.6 Å². The van der Waals surface area contributed by atoms with Crippen molar-refractivity contribution in [3.8, 4) is 0 Å². The number of carbonyl (C=O) groups is 2. The van der Waals surface area contributed by atoms with Crippen molar-refractivity contribution >= 4 is 50.0 Å². The molecule has 2 aliphatic rings. The maximum atomic E-state index is 13.5. The predicted molar refractivity (Wildman–Crippen MR) is 137 cm³/mol. The van der Waals surface area contributed by atoms with Gasteiger partial charge in [0.25, 0.3) is 10.0 Å². The van der Waals surface area contributed by atoms with Crippen molar-refractivity contribution in [2.24, 2.45) is 5.92 Å². The summed E-state index contributed by atoms with van der Waals surface area (Å²) in [6.45, 7) is 0.0566. The molecule has 3 aromatic rings. The van der Waals surface area contributed by atoms with Crippen molar-refractivity contribution in [3.63, 3.8) is 0 Å². The number of aromatic nitrogens is 2. The topological polar surface area (TPSA) is 126 Å². The number of pyridine rings is 1. The number of fused-ring (bicyclic) bond motifs is 1. The molecule has 9 nitrogen and oxygen atoms in total. The number of H-pyrrole nitrogens is 1. The zero-order valence-electron chi connectivity index (χ0n) is 21.0. The van der Waals surface area contributed by atoms with Gasteiger partial charge in [0.2, 0.25) is 5.91 Å². The Morgan fingerprint density at radius 2 is 1.89 bits per heavy atom. The van der Waals surface area contributed by atoms with Crippen molar-refractivity contribution in [1.29, 1.82) is 0 Å². The van der Waals surface area contributed by atoms with Gasteiger partial charge in [0, 0.05) is 66.3 Å². The second-order valence-corrected chi connectivity index (χ2v) is 11.8. The number of rotatable bonds is 6. The average molecular weight is 565 g/mol. The molecule has 1 saturated heterocycles. The van der Waals surface area contributed by atoms with E-state index in [0.29, 0.717) is 28.8 Å². The van der Waals surface area contributed by atoms with Crippen LogP contribution in [0.4, 0.5) is 0 Å². The summed E-state index contributed by atoms with van der Waals surface area (Å²) in [5.41, 5.74) is 2.86. The number of hydrogen-bond donors (Lipinski definition) is 1. The Kier molecular flexibility index (Phi) is 9.01. The van der Waals surface area contributed by atoms with Crippen LogP contribution in [0.15, 0.2) is 59.9 Å². The van der Waals surface area contributed by atoms with Crippen molar-refractivity contribution < 1.29 is 52.7 Å². The van der Waals surface area contributed by atoms with Gasteiger partial charge in [-0.05, 0) is 66.8 Å². The molecular weight excluding hydrogens is 539 g/mol. The SMILES string of the molecule is O=C([O-])CC1CN(S(=O)(=O)c2cc3cc(Cl)ccc3[nH]2)CCN1C(=O)C1CC=C(c2ccncc2)CC1.[Na+]. The summed E-state index contributed by atoms with van der Waals surface area (Å²) in [6.07, 6.45) is 6.99. The zero-order valence-corrected chi connectivity index (χ0v) is 24.5. The van der Waals surface area contributed by atoms with Crippen molar-refractivity contribution in [2.75, 3.05) is 19.6 Å². The van der Waals surface area contributed by atoms with E-state index >= 15 is 0 Å². The maximum Gasteiger partial charge on any atom is 1.00 e. The molecule has 1 aromatic carbocycles. The van der Waals surface area contributed by atoms with Gasteiger partial charge in [0.15, 0.2) is 0 Å². The normalized spacial score (nSPS) is 20.6. The average Bonchev–Trinajstić information content (AvgIpc) is 3.33. The van der Waals surface area contributed by atoms with Crippen molar-refractivity contribution in [3.05, 3.63) is 65.5 Å². The van der Waals surface area contributed by atoms with Gasteiger partial charge in [-0.2, -0.15) is 4.31 Å². The summed E-state index contributed by atoms with van der Waals surface area (Å²) in [7, 11) is -3.95. The van der Waals surface area contributed by atoms with E-state index in [1.54, 1.807) is 30.6 Å². The van der Waals surface area contributed by atoms with Gasteiger partial charge >= 0.3 is 29.6 Å². The Balaban J connectivity index is 0.00000336. The standard InChI is InChI=1S/C26H27ClN4O5S.Na/c27-21-5-6-23-20(13-21)14-24(29-23)37(35,36)30-11-12-31(22(16-30)15-25(32)33)26(34)19-3-1-17(2-4-19)18-7-9-28-10-8-18;/h1,5-10,13-14,19,22,29H,2-4,11-12,15-16H2,(H,32,33);/q;+1/p-1. The summed E-state index contributed by atoms with van der Waals surface area (Å²) in [5, 5.41) is 12.7. The minimum Gasteiger partial charge on any atom is -0.550 e. The smallest absolute Gasteiger partial charge is 0.550 e. The van der Waals surface area contributed by atoms with E-state index in [9.17, 15) is 23.1 Å². The Hall–Kier alpha value is -2.21. The van der Waals surface area contributed by atoms with Crippen molar-refractivity contribution in [1.82, 2.24) is 19.2 Å². The molecule has 1 aliphatic heterocycles. The van der Waals surface area contributed by atoms with Gasteiger partial charge in [-0.15, -0.1) is 0 Å². The third kappa shape index (κ3) is 6.00. The van der Waals surface area contributed by atoms with Crippen LogP contribution in [0.3, 0.4) is 0 Å². The Morgan fingerprint density at radius 1 is 1.13 bits per heavy atom. The van der Waals surface area contributed by atoms with Gasteiger partial charge < -0.3 is 19.8 Å². The monoisotopic (exact) mass is 564 g/mol. The Bertz CT molecular complexity index is 1480. The quantitative estimate of drug-likeness (QED) is 0.400. The van der Waals surface area contributed by atoms with Crippen LogP contribution in [-0.4, -0.2) is 65.1 Å². The molecule has 1 N–H and O–H groups in total. The number of nitrogens with one attached hydrogen (secondary N) is 1. The minimum atomic E-state index is -3.95. The number of allylic oxidation sites excluding steroid dienone is 2. The van der Waals surface area contributed by atoms with Crippen LogP contribution < -0.4 is 34.7 Å². The molecule has 12 heteroatoms. The molecule has 1 amide bonds. The van der Waals surface area contributed by atoms with E-state index in [4.69, 9.17) is 11.6 Å². The molecule has 2 atom stereocenters. The molecule has 2 aromatic heterocycles. The van der Waals surface area contributed by atoms with E-state index < -0.39 is 28.5 Å². The summed E-state index contributed by atoms with van der Waals surface area (Å²) in [4.78, 5) is 33.5. The van der Waals surface area contributed by atoms with E-state index in [-0.39, 0.29) is 66.0 Å². The van der Waals surface area contributed by atoms with Crippen LogP contribution in [-0.2, 0) is 19.6 Å². The number of nitrogens with zero attached hydrogens (tertiary/aromatic N) is 3. The van der Waals surface area contributed by atoms with Gasteiger partial charge in [0.1, 0.15) is 5.03 Å². The predicted octanol–water partition coefficient (Wildman–Crippen LogP) is -0.554. The first kappa shape index (κ1) is 28.8. The molecule has 3 heterocycles. The number of benzene rings is 1. The number of halogens is 1. The fourth-order valence-electron chi connectivity index (χ4n) is 5.18. The number of hydrogen-bond acceptors (Lipinski definition) is 6. The summed E-state index contributed by atoms with van der Waals surface area (Å²) in [6, 6.07) is 9.60. The fraction of sp³-hybridized carbons (Fsp3) is 0.346. The van der Waals surface area contributed by atoms with Crippen molar-refractivity contribution in [2.45, 2.75) is 36.8 Å². The number of amides is 1. The molecule has 0 bridgehead atoms. The number of sulfonamides is 1. The van der Waals surface area contributed by atoms with Crippen LogP contribution in [0, 0.1) is 5.92 Å².